The van der Waals surface area contributed by atoms with Gasteiger partial charge in [0, 0.05) is 24.4 Å². The number of hydrogen-bond acceptors (Lipinski definition) is 1. The molecule has 2 nitrogen and oxygen atoms in total. The van der Waals surface area contributed by atoms with Crippen molar-refractivity contribution in [3.8, 4) is 0 Å². The largest absolute Gasteiger partial charge is 0.325 e. The van der Waals surface area contributed by atoms with Gasteiger partial charge in [0.2, 0.25) is 0 Å². The maximum Gasteiger partial charge on any atom is 0.139 e. The van der Waals surface area contributed by atoms with E-state index in [-0.39, 0.29) is 11.9 Å². The van der Waals surface area contributed by atoms with Crippen LogP contribution >= 0.6 is 27.5 Å². The molecule has 2 aromatic rings. The molecule has 0 unspecified atom stereocenters. The van der Waals surface area contributed by atoms with E-state index in [4.69, 9.17) is 11.6 Å². The molecule has 0 atom stereocenters. The molecule has 0 fully saturated rings. The minimum Gasteiger partial charge on any atom is -0.325 e. The second kappa shape index (κ2) is 4.94. The summed E-state index contributed by atoms with van der Waals surface area (Å²) >= 11 is 8.94. The Morgan fingerprint density at radius 3 is 2.76 bits per heavy atom. The highest BCUT2D eigenvalue weighted by atomic mass is 79.9. The first-order valence-electron chi connectivity index (χ1n) is 5.46. The van der Waals surface area contributed by atoms with Gasteiger partial charge in [-0.05, 0) is 35.8 Å². The van der Waals surface area contributed by atoms with Gasteiger partial charge >= 0.3 is 0 Å². The topological polar surface area (TPSA) is 17.8 Å². The van der Waals surface area contributed by atoms with Crippen LogP contribution in [0.15, 0.2) is 16.6 Å². The lowest BCUT2D eigenvalue weighted by Crippen LogP contribution is -2.06. The lowest BCUT2D eigenvalue weighted by Gasteiger charge is -2.12. The summed E-state index contributed by atoms with van der Waals surface area (Å²) in [7, 11) is 0. The Balaban J connectivity index is 2.71. The van der Waals surface area contributed by atoms with Crippen LogP contribution in [-0.2, 0) is 6.42 Å². The Bertz CT molecular complexity index is 551. The van der Waals surface area contributed by atoms with E-state index in [1.807, 2.05) is 4.57 Å². The second-order valence-corrected chi connectivity index (χ2v) is 5.42. The van der Waals surface area contributed by atoms with Gasteiger partial charge in [0.25, 0.3) is 0 Å². The average Bonchev–Trinajstić information content (AvgIpc) is 2.57. The van der Waals surface area contributed by atoms with Gasteiger partial charge in [0.15, 0.2) is 0 Å². The van der Waals surface area contributed by atoms with Gasteiger partial charge in [-0.15, -0.1) is 11.6 Å². The van der Waals surface area contributed by atoms with E-state index in [1.54, 1.807) is 6.07 Å². The summed E-state index contributed by atoms with van der Waals surface area (Å²) in [6, 6.07) is 3.46. The summed E-state index contributed by atoms with van der Waals surface area (Å²) in [6.07, 6.45) is 0.688. The van der Waals surface area contributed by atoms with Crippen molar-refractivity contribution in [2.75, 3.05) is 5.88 Å². The number of rotatable bonds is 3. The van der Waals surface area contributed by atoms with E-state index in [0.29, 0.717) is 16.8 Å². The number of hydrogen-bond donors (Lipinski definition) is 0. The van der Waals surface area contributed by atoms with Crippen LogP contribution in [0.5, 0.6) is 0 Å². The molecule has 17 heavy (non-hydrogen) atoms. The van der Waals surface area contributed by atoms with Gasteiger partial charge in [-0.2, -0.15) is 0 Å². The molecule has 0 spiro atoms. The summed E-state index contributed by atoms with van der Waals surface area (Å²) in [5.41, 5.74) is 1.62. The minimum absolute atomic E-state index is 0.235. The van der Waals surface area contributed by atoms with Gasteiger partial charge in [-0.25, -0.2) is 9.37 Å². The highest BCUT2D eigenvalue weighted by Crippen LogP contribution is 2.26. The summed E-state index contributed by atoms with van der Waals surface area (Å²) in [5, 5.41) is 0. The van der Waals surface area contributed by atoms with E-state index in [9.17, 15) is 4.39 Å². The zero-order valence-corrected chi connectivity index (χ0v) is 12.0. The number of fused-ring (bicyclic) bond motifs is 1. The Hall–Kier alpha value is -0.610. The van der Waals surface area contributed by atoms with Crippen LogP contribution in [0.1, 0.15) is 25.7 Å². The van der Waals surface area contributed by atoms with Gasteiger partial charge in [-0.1, -0.05) is 0 Å². The standard InChI is InChI=1S/C12H13BrClFN2/c1-7(2)17-11-6-9(15)8(13)5-10(11)16-12(17)3-4-14/h5-7H,3-4H2,1-2H3. The molecule has 1 aromatic carbocycles. The first-order valence-corrected chi connectivity index (χ1v) is 6.79. The molecule has 0 aliphatic heterocycles. The number of benzene rings is 1. The van der Waals surface area contributed by atoms with Crippen LogP contribution in [0.2, 0.25) is 0 Å². The van der Waals surface area contributed by atoms with Gasteiger partial charge in [-0.3, -0.25) is 0 Å². The molecular formula is C12H13BrClFN2. The van der Waals surface area contributed by atoms with Crippen molar-refractivity contribution in [1.82, 2.24) is 9.55 Å². The second-order valence-electron chi connectivity index (χ2n) is 4.19. The summed E-state index contributed by atoms with van der Waals surface area (Å²) in [5.74, 6) is 1.15. The monoisotopic (exact) mass is 318 g/mol. The molecule has 1 aromatic heterocycles. The number of imidazole rings is 1. The molecule has 0 amide bonds. The molecule has 0 bridgehead atoms. The van der Waals surface area contributed by atoms with Crippen molar-refractivity contribution in [2.45, 2.75) is 26.3 Å². The molecule has 1 heterocycles. The number of aromatic nitrogens is 2. The van der Waals surface area contributed by atoms with Crippen LogP contribution < -0.4 is 0 Å². The first kappa shape index (κ1) is 12.8. The highest BCUT2D eigenvalue weighted by molar-refractivity contribution is 9.10. The minimum atomic E-state index is -0.267. The maximum atomic E-state index is 13.6. The molecule has 0 saturated carbocycles. The van der Waals surface area contributed by atoms with Crippen molar-refractivity contribution in [1.29, 1.82) is 0 Å². The van der Waals surface area contributed by atoms with E-state index in [0.717, 1.165) is 16.9 Å². The van der Waals surface area contributed by atoms with Crippen molar-refractivity contribution >= 4 is 38.6 Å². The average molecular weight is 320 g/mol. The third kappa shape index (κ3) is 2.33. The third-order valence-corrected chi connectivity index (χ3v) is 3.44. The first-order chi connectivity index (χ1) is 8.04. The lowest BCUT2D eigenvalue weighted by atomic mass is 10.3. The predicted octanol–water partition coefficient (Wildman–Crippen LogP) is 4.30. The number of halogens is 3. The summed E-state index contributed by atoms with van der Waals surface area (Å²) < 4.78 is 16.0. The number of nitrogens with zero attached hydrogens (tertiary/aromatic N) is 2. The van der Waals surface area contributed by atoms with Crippen molar-refractivity contribution in [2.24, 2.45) is 0 Å². The zero-order valence-electron chi connectivity index (χ0n) is 9.67. The molecule has 0 radical (unpaired) electrons. The fraction of sp³-hybridized carbons (Fsp3) is 0.417. The highest BCUT2D eigenvalue weighted by Gasteiger charge is 2.14. The fourth-order valence-corrected chi connectivity index (χ4v) is 2.48. The molecule has 2 rings (SSSR count). The van der Waals surface area contributed by atoms with Crippen LogP contribution in [0.4, 0.5) is 4.39 Å². The number of aryl methyl sites for hydroxylation is 1. The molecule has 0 aliphatic carbocycles. The summed E-state index contributed by atoms with van der Waals surface area (Å²) in [4.78, 5) is 4.51. The Labute approximate surface area is 113 Å². The quantitative estimate of drug-likeness (QED) is 0.771. The van der Waals surface area contributed by atoms with Crippen LogP contribution in [0.3, 0.4) is 0 Å². The SMILES string of the molecule is CC(C)n1c(CCCl)nc2cc(Br)c(F)cc21. The predicted molar refractivity (Wildman–Crippen MR) is 72.2 cm³/mol. The third-order valence-electron chi connectivity index (χ3n) is 2.64. The van der Waals surface area contributed by atoms with E-state index in [1.165, 1.54) is 6.07 Å². The van der Waals surface area contributed by atoms with E-state index in [2.05, 4.69) is 34.8 Å². The molecule has 5 heteroatoms. The van der Waals surface area contributed by atoms with Crippen LogP contribution in [0.25, 0.3) is 11.0 Å². The smallest absolute Gasteiger partial charge is 0.139 e. The van der Waals surface area contributed by atoms with Crippen LogP contribution in [0, 0.1) is 5.82 Å². The molecule has 0 N–H and O–H groups in total. The summed E-state index contributed by atoms with van der Waals surface area (Å²) in [6.45, 7) is 4.11. The maximum absolute atomic E-state index is 13.6. The van der Waals surface area contributed by atoms with Crippen molar-refractivity contribution in [3.05, 3.63) is 28.2 Å². The number of alkyl halides is 1. The fourth-order valence-electron chi connectivity index (χ4n) is 1.98. The lowest BCUT2D eigenvalue weighted by molar-refractivity contribution is 0.584. The normalized spacial score (nSPS) is 11.6. The van der Waals surface area contributed by atoms with E-state index >= 15 is 0 Å². The zero-order chi connectivity index (χ0) is 12.6. The van der Waals surface area contributed by atoms with Crippen molar-refractivity contribution in [3.63, 3.8) is 0 Å². The van der Waals surface area contributed by atoms with Gasteiger partial charge < -0.3 is 4.57 Å². The molecular weight excluding hydrogens is 307 g/mol. The molecule has 92 valence electrons. The van der Waals surface area contributed by atoms with E-state index < -0.39 is 0 Å². The Morgan fingerprint density at radius 1 is 1.47 bits per heavy atom. The Kier molecular flexibility index (Phi) is 3.73. The molecule has 0 aliphatic rings. The van der Waals surface area contributed by atoms with Gasteiger partial charge in [0.1, 0.15) is 11.6 Å². The molecule has 0 saturated heterocycles. The van der Waals surface area contributed by atoms with Gasteiger partial charge in [0.05, 0.1) is 15.5 Å². The Morgan fingerprint density at radius 2 is 2.18 bits per heavy atom. The van der Waals surface area contributed by atoms with Crippen molar-refractivity contribution < 1.29 is 4.39 Å². The van der Waals surface area contributed by atoms with Crippen LogP contribution in [-0.4, -0.2) is 15.4 Å².